The van der Waals surface area contributed by atoms with Gasteiger partial charge in [-0.3, -0.25) is 9.59 Å². The average molecular weight is 770 g/mol. The van der Waals surface area contributed by atoms with Gasteiger partial charge >= 0.3 is 11.9 Å². The van der Waals surface area contributed by atoms with Gasteiger partial charge in [-0.1, -0.05) is 190 Å². The minimum Gasteiger partial charge on any atom is -0.466 e. The average Bonchev–Trinajstić information content (AvgIpc) is 3.19. The van der Waals surface area contributed by atoms with E-state index >= 15 is 0 Å². The molecule has 0 spiro atoms. The molecule has 0 rings (SSSR count). The molecule has 0 heterocycles. The van der Waals surface area contributed by atoms with Crippen molar-refractivity contribution in [2.75, 3.05) is 32.8 Å². The second-order valence-corrected chi connectivity index (χ2v) is 15.2. The molecule has 0 aliphatic heterocycles. The molecule has 0 unspecified atom stereocenters. The second-order valence-electron chi connectivity index (χ2n) is 15.2. The van der Waals surface area contributed by atoms with Gasteiger partial charge in [0.1, 0.15) is 6.10 Å². The number of rotatable bonds is 41. The van der Waals surface area contributed by atoms with Gasteiger partial charge in [0, 0.05) is 19.4 Å². The highest BCUT2D eigenvalue weighted by Crippen LogP contribution is 2.18. The maximum absolute atomic E-state index is 12.7. The van der Waals surface area contributed by atoms with Crippen LogP contribution in [0.1, 0.15) is 260 Å². The van der Waals surface area contributed by atoms with Gasteiger partial charge in [-0.05, 0) is 70.9 Å². The third kappa shape index (κ3) is 47.0. The van der Waals surface area contributed by atoms with Crippen LogP contribution in [0.25, 0.3) is 0 Å². The normalized spacial score (nSPS) is 10.9. The van der Waals surface area contributed by atoms with E-state index in [1.165, 1.54) is 122 Å². The molecule has 0 fully saturated rings. The molecular weight excluding hydrogens is 671 g/mol. The summed E-state index contributed by atoms with van der Waals surface area (Å²) in [6, 6.07) is 0. The first-order chi connectivity index (χ1) is 26.6. The third-order valence-corrected chi connectivity index (χ3v) is 10.2. The monoisotopic (exact) mass is 770 g/mol. The first-order valence-electron chi connectivity index (χ1n) is 24.3. The highest BCUT2D eigenvalue weighted by molar-refractivity contribution is 5.69. The number of aliphatic hydroxyl groups is 1. The minimum absolute atomic E-state index is 0.00755. The van der Waals surface area contributed by atoms with Gasteiger partial charge in [-0.2, -0.15) is 0 Å². The number of nitrogens with zero attached hydrogens (tertiary/aromatic N) is 1. The molecule has 0 aliphatic rings. The molecule has 326 valence electrons. The van der Waals surface area contributed by atoms with Gasteiger partial charge in [-0.25, -0.2) is 0 Å². The van der Waals surface area contributed by atoms with Crippen molar-refractivity contribution in [2.45, 2.75) is 266 Å². The van der Waals surface area contributed by atoms with Gasteiger partial charge in [-0.15, -0.1) is 0 Å². The van der Waals surface area contributed by atoms with E-state index in [4.69, 9.17) is 9.47 Å². The summed E-state index contributed by atoms with van der Waals surface area (Å²) < 4.78 is 11.4. The Kier molecular flexibility index (Phi) is 54.9. The van der Waals surface area contributed by atoms with E-state index in [0.29, 0.717) is 26.0 Å². The van der Waals surface area contributed by atoms with Crippen LogP contribution in [-0.2, 0) is 19.1 Å². The molecule has 54 heavy (non-hydrogen) atoms. The maximum atomic E-state index is 12.7. The Morgan fingerprint density at radius 1 is 0.444 bits per heavy atom. The highest BCUT2D eigenvalue weighted by atomic mass is 16.5. The number of esters is 2. The van der Waals surface area contributed by atoms with Crippen molar-refractivity contribution in [1.29, 1.82) is 0 Å². The van der Waals surface area contributed by atoms with Gasteiger partial charge in [0.05, 0.1) is 13.2 Å². The summed E-state index contributed by atoms with van der Waals surface area (Å²) in [5.41, 5.74) is 0. The minimum atomic E-state index is -0.0498. The molecule has 6 heteroatoms. The molecule has 0 atom stereocenters. The van der Waals surface area contributed by atoms with E-state index in [9.17, 15) is 14.7 Å². The largest absolute Gasteiger partial charge is 0.466 e. The van der Waals surface area contributed by atoms with Crippen LogP contribution in [-0.4, -0.2) is 60.9 Å². The Morgan fingerprint density at radius 2 is 0.796 bits per heavy atom. The number of aliphatic hydroxyl groups excluding tert-OH is 1. The zero-order valence-corrected chi connectivity index (χ0v) is 38.0. The molecule has 1 N–H and O–H groups in total. The lowest BCUT2D eigenvalue weighted by molar-refractivity contribution is -0.150. The number of unbranched alkanes of at least 4 members (excludes halogenated alkanes) is 24. The number of carbonyl (C=O) groups is 2. The Morgan fingerprint density at radius 3 is 1.24 bits per heavy atom. The zero-order valence-electron chi connectivity index (χ0n) is 38.0. The first-order valence-corrected chi connectivity index (χ1v) is 24.3. The van der Waals surface area contributed by atoms with Gasteiger partial charge in [0.2, 0.25) is 0 Å². The topological polar surface area (TPSA) is 76.1 Å². The zero-order chi connectivity index (χ0) is 40.6. The van der Waals surface area contributed by atoms with E-state index < -0.39 is 0 Å². The summed E-state index contributed by atoms with van der Waals surface area (Å²) in [6.07, 6.45) is 38.4. The van der Waals surface area contributed by atoms with Crippen LogP contribution in [0, 0.1) is 0 Å². The standard InChI is InChI=1S/C44H87NO5.2C2H6/c1-4-7-10-13-16-17-18-24-32-41-49-43(47)35-29-25-31-38-45(39-40-46)37-30-23-19-22-28-36-44(48)50-42(33-26-20-14-11-8-5-2)34-27-21-15-12-9-6-3;2*1-2/h42,46H,4-41H2,1-3H3;2*1-2H3. The molecule has 0 saturated carbocycles. The number of carbonyl (C=O) groups excluding carboxylic acids is 2. The first kappa shape index (κ1) is 57.2. The van der Waals surface area contributed by atoms with Crippen LogP contribution in [0.5, 0.6) is 0 Å². The summed E-state index contributed by atoms with van der Waals surface area (Å²) >= 11 is 0. The molecule has 6 nitrogen and oxygen atoms in total. The Bertz CT molecular complexity index is 687. The van der Waals surface area contributed by atoms with Crippen molar-refractivity contribution in [3.8, 4) is 0 Å². The predicted octanol–water partition coefficient (Wildman–Crippen LogP) is 14.7. The summed E-state index contributed by atoms with van der Waals surface area (Å²) in [7, 11) is 0. The summed E-state index contributed by atoms with van der Waals surface area (Å²) in [5.74, 6) is -0.0423. The molecule has 0 aromatic heterocycles. The maximum Gasteiger partial charge on any atom is 0.306 e. The SMILES string of the molecule is CC.CC.CCCCCCCCCCCOC(=O)CCCCCN(CCO)CCCCCCCC(=O)OC(CCCCCCCC)CCCCCCCC. The number of hydrogen-bond acceptors (Lipinski definition) is 6. The van der Waals surface area contributed by atoms with Crippen LogP contribution in [0.4, 0.5) is 0 Å². The molecule has 0 bridgehead atoms. The Labute approximate surface area is 339 Å². The second kappa shape index (κ2) is 51.9. The fraction of sp³-hybridized carbons (Fsp3) is 0.958. The van der Waals surface area contributed by atoms with Gasteiger partial charge in [0.25, 0.3) is 0 Å². The van der Waals surface area contributed by atoms with E-state index in [2.05, 4.69) is 25.7 Å². The van der Waals surface area contributed by atoms with Crippen molar-refractivity contribution < 1.29 is 24.2 Å². The van der Waals surface area contributed by atoms with Crippen LogP contribution < -0.4 is 0 Å². The van der Waals surface area contributed by atoms with Crippen molar-refractivity contribution in [2.24, 2.45) is 0 Å². The molecule has 0 saturated heterocycles. The van der Waals surface area contributed by atoms with E-state index in [1.807, 2.05) is 27.7 Å². The summed E-state index contributed by atoms with van der Waals surface area (Å²) in [5, 5.41) is 9.53. The van der Waals surface area contributed by atoms with Crippen LogP contribution in [0.2, 0.25) is 0 Å². The highest BCUT2D eigenvalue weighted by Gasteiger charge is 2.14. The molecule has 0 aromatic carbocycles. The molecule has 0 amide bonds. The van der Waals surface area contributed by atoms with E-state index in [1.54, 1.807) is 0 Å². The van der Waals surface area contributed by atoms with E-state index in [-0.39, 0.29) is 24.6 Å². The lowest BCUT2D eigenvalue weighted by Crippen LogP contribution is -2.29. The van der Waals surface area contributed by atoms with Crippen LogP contribution >= 0.6 is 0 Å². The van der Waals surface area contributed by atoms with Crippen molar-refractivity contribution >= 4 is 11.9 Å². The fourth-order valence-electron chi connectivity index (χ4n) is 6.88. The summed E-state index contributed by atoms with van der Waals surface area (Å²) in [4.78, 5) is 27.1. The van der Waals surface area contributed by atoms with Gasteiger partial charge in [0.15, 0.2) is 0 Å². The molecule has 0 radical (unpaired) electrons. The third-order valence-electron chi connectivity index (χ3n) is 10.2. The fourth-order valence-corrected chi connectivity index (χ4v) is 6.88. The Balaban J connectivity index is -0.00000627. The van der Waals surface area contributed by atoms with Crippen molar-refractivity contribution in [1.82, 2.24) is 4.90 Å². The van der Waals surface area contributed by atoms with Crippen molar-refractivity contribution in [3.05, 3.63) is 0 Å². The molecule has 0 aromatic rings. The van der Waals surface area contributed by atoms with Crippen molar-refractivity contribution in [3.63, 3.8) is 0 Å². The number of hydrogen-bond donors (Lipinski definition) is 1. The molecule has 0 aliphatic carbocycles. The van der Waals surface area contributed by atoms with Gasteiger partial charge < -0.3 is 19.5 Å². The smallest absolute Gasteiger partial charge is 0.306 e. The quantitative estimate of drug-likeness (QED) is 0.0493. The lowest BCUT2D eigenvalue weighted by atomic mass is 10.0. The molecular formula is C48H99NO5. The van der Waals surface area contributed by atoms with Crippen LogP contribution in [0.15, 0.2) is 0 Å². The lowest BCUT2D eigenvalue weighted by Gasteiger charge is -2.21. The predicted molar refractivity (Wildman–Crippen MR) is 236 cm³/mol. The summed E-state index contributed by atoms with van der Waals surface area (Å²) in [6.45, 7) is 18.2. The number of ether oxygens (including phenoxy) is 2. The van der Waals surface area contributed by atoms with Crippen LogP contribution in [0.3, 0.4) is 0 Å². The van der Waals surface area contributed by atoms with E-state index in [0.717, 1.165) is 90.1 Å². The Hall–Kier alpha value is -1.14.